The molecule has 0 bridgehead atoms. The zero-order valence-electron chi connectivity index (χ0n) is 28.9. The number of benzene rings is 1. The van der Waals surface area contributed by atoms with Gasteiger partial charge in [-0.2, -0.15) is 4.39 Å². The van der Waals surface area contributed by atoms with Crippen LogP contribution in [0.1, 0.15) is 71.6 Å². The molecule has 3 aliphatic carbocycles. The molecule has 5 atom stereocenters. The van der Waals surface area contributed by atoms with E-state index in [-0.39, 0.29) is 30.0 Å². The zero-order chi connectivity index (χ0) is 38.0. The van der Waals surface area contributed by atoms with Gasteiger partial charge in [-0.05, 0) is 62.3 Å². The Morgan fingerprint density at radius 2 is 1.69 bits per heavy atom. The Balaban J connectivity index is 1.48. The normalized spacial score (nSPS) is 23.2. The molecule has 1 aromatic rings. The standard InChI is InChI=1S/C37H43F4N3O8/c1-21-13-15-29(52-23-11-7-4-8-12-23)26(17-21)43-35(49)36(50)44-27(18-22-9-5-3-6-10-22)34(48)42-25(14-16-30(46)47)28(45)20-51-32-31(39)24(38)19-37(2,41)33(32)40/h4,7-8,11-12,15,17,19,21-22,25,27,33H,3,5-6,9-10,13-14,16,18,20H2,1-2H3,(H,42,48)(H,43,49)(H,44,50)(H,46,47)/t21?,25-,27-,33?,37?/m0/s1. The number of para-hydroxylation sites is 1. The highest BCUT2D eigenvalue weighted by molar-refractivity contribution is 6.36. The van der Waals surface area contributed by atoms with E-state index in [1.807, 2.05) is 13.0 Å². The summed E-state index contributed by atoms with van der Waals surface area (Å²) in [6, 6.07) is 5.84. The number of amides is 3. The summed E-state index contributed by atoms with van der Waals surface area (Å²) in [7, 11) is 0. The van der Waals surface area contributed by atoms with Crippen molar-refractivity contribution in [3.63, 3.8) is 0 Å². The number of hydrogen-bond donors (Lipinski definition) is 4. The fourth-order valence-electron chi connectivity index (χ4n) is 6.15. The zero-order valence-corrected chi connectivity index (χ0v) is 28.9. The highest BCUT2D eigenvalue weighted by atomic mass is 19.2. The third kappa shape index (κ3) is 11.0. The second-order valence-corrected chi connectivity index (χ2v) is 13.4. The molecule has 1 aromatic carbocycles. The van der Waals surface area contributed by atoms with E-state index in [4.69, 9.17) is 9.47 Å². The van der Waals surface area contributed by atoms with Crippen molar-refractivity contribution in [3.8, 4) is 5.75 Å². The number of carbonyl (C=O) groups is 5. The van der Waals surface area contributed by atoms with Crippen LogP contribution in [0.25, 0.3) is 0 Å². The minimum atomic E-state index is -2.98. The first-order valence-corrected chi connectivity index (χ1v) is 17.2. The number of halogens is 4. The molecular formula is C37H43F4N3O8. The van der Waals surface area contributed by atoms with Crippen molar-refractivity contribution in [3.05, 3.63) is 77.4 Å². The van der Waals surface area contributed by atoms with Gasteiger partial charge in [-0.1, -0.05) is 63.3 Å². The number of rotatable bonds is 15. The molecule has 15 heteroatoms. The number of nitrogens with one attached hydrogen (secondary N) is 3. The van der Waals surface area contributed by atoms with Crippen LogP contribution in [0, 0.1) is 11.8 Å². The number of ketones is 1. The van der Waals surface area contributed by atoms with E-state index in [1.54, 1.807) is 36.4 Å². The van der Waals surface area contributed by atoms with Gasteiger partial charge in [0.25, 0.3) is 0 Å². The number of carboxylic acid groups (broad SMARTS) is 1. The lowest BCUT2D eigenvalue weighted by atomic mass is 9.84. The van der Waals surface area contributed by atoms with Crippen molar-refractivity contribution in [2.24, 2.45) is 11.8 Å². The summed E-state index contributed by atoms with van der Waals surface area (Å²) < 4.78 is 68.1. The Bertz CT molecular complexity index is 1640. The van der Waals surface area contributed by atoms with Gasteiger partial charge in [0.2, 0.25) is 5.91 Å². The minimum Gasteiger partial charge on any atom is -0.484 e. The van der Waals surface area contributed by atoms with Gasteiger partial charge >= 0.3 is 17.8 Å². The molecule has 0 aliphatic heterocycles. The molecule has 52 heavy (non-hydrogen) atoms. The maximum Gasteiger partial charge on any atom is 0.313 e. The highest BCUT2D eigenvalue weighted by Gasteiger charge is 2.44. The van der Waals surface area contributed by atoms with E-state index < -0.39 is 90.3 Å². The van der Waals surface area contributed by atoms with Gasteiger partial charge in [0.1, 0.15) is 24.2 Å². The fraction of sp³-hybridized carbons (Fsp3) is 0.486. The lowest BCUT2D eigenvalue weighted by molar-refractivity contribution is -0.141. The van der Waals surface area contributed by atoms with E-state index in [9.17, 15) is 46.6 Å². The van der Waals surface area contributed by atoms with Crippen LogP contribution in [0.4, 0.5) is 17.6 Å². The smallest absolute Gasteiger partial charge is 0.313 e. The topological polar surface area (TPSA) is 160 Å². The maximum atomic E-state index is 14.6. The van der Waals surface area contributed by atoms with Crippen molar-refractivity contribution in [1.29, 1.82) is 0 Å². The third-order valence-electron chi connectivity index (χ3n) is 9.02. The number of ether oxygens (including phenoxy) is 2. The molecule has 0 aromatic heterocycles. The maximum absolute atomic E-state index is 14.6. The summed E-state index contributed by atoms with van der Waals surface area (Å²) in [6.07, 6.45) is 4.61. The number of alkyl halides is 2. The van der Waals surface area contributed by atoms with Crippen LogP contribution in [0.3, 0.4) is 0 Å². The second-order valence-electron chi connectivity index (χ2n) is 13.4. The molecule has 1 fully saturated rings. The van der Waals surface area contributed by atoms with Crippen molar-refractivity contribution in [1.82, 2.24) is 16.0 Å². The van der Waals surface area contributed by atoms with Crippen molar-refractivity contribution < 1.29 is 56.1 Å². The molecule has 3 amide bonds. The monoisotopic (exact) mass is 733 g/mol. The highest BCUT2D eigenvalue weighted by Crippen LogP contribution is 2.38. The number of carbonyl (C=O) groups excluding carboxylic acids is 4. The molecule has 3 aliphatic rings. The van der Waals surface area contributed by atoms with Gasteiger partial charge < -0.3 is 30.5 Å². The molecule has 3 unspecified atom stereocenters. The Morgan fingerprint density at radius 1 is 1.00 bits per heavy atom. The first-order chi connectivity index (χ1) is 24.6. The molecular weight excluding hydrogens is 690 g/mol. The SMILES string of the molecule is CC1C=C(NC(=O)C(=O)N[C@@H](CC2CCCCC2)C(=O)N[C@@H](CCC(=O)O)C(=O)COC2=C(F)C(F)=CC(C)(F)C2F)C(Oc2ccccc2)=CC1. The van der Waals surface area contributed by atoms with E-state index in [1.165, 1.54) is 0 Å². The summed E-state index contributed by atoms with van der Waals surface area (Å²) in [5.41, 5.74) is -2.73. The molecule has 0 heterocycles. The minimum absolute atomic E-state index is 0.00855. The predicted molar refractivity (Wildman–Crippen MR) is 180 cm³/mol. The molecule has 4 rings (SSSR count). The Morgan fingerprint density at radius 3 is 2.37 bits per heavy atom. The summed E-state index contributed by atoms with van der Waals surface area (Å²) in [5, 5.41) is 16.6. The van der Waals surface area contributed by atoms with Gasteiger partial charge in [0, 0.05) is 6.42 Å². The number of hydrogen-bond acceptors (Lipinski definition) is 7. The Hall–Kier alpha value is -4.95. The predicted octanol–water partition coefficient (Wildman–Crippen LogP) is 5.49. The molecule has 0 spiro atoms. The lowest BCUT2D eigenvalue weighted by Crippen LogP contribution is -2.55. The molecule has 11 nitrogen and oxygen atoms in total. The largest absolute Gasteiger partial charge is 0.484 e. The molecule has 1 saturated carbocycles. The molecule has 0 radical (unpaired) electrons. The Labute approximate surface area is 298 Å². The van der Waals surface area contributed by atoms with Crippen LogP contribution in [0.2, 0.25) is 0 Å². The van der Waals surface area contributed by atoms with Crippen LogP contribution in [-0.4, -0.2) is 65.1 Å². The van der Waals surface area contributed by atoms with Crippen molar-refractivity contribution >= 4 is 29.5 Å². The van der Waals surface area contributed by atoms with Crippen molar-refractivity contribution in [2.45, 2.75) is 95.6 Å². The number of aliphatic carboxylic acids is 1. The third-order valence-corrected chi connectivity index (χ3v) is 9.02. The van der Waals surface area contributed by atoms with Gasteiger partial charge in [-0.3, -0.25) is 24.0 Å². The van der Waals surface area contributed by atoms with Crippen LogP contribution in [0.15, 0.2) is 77.4 Å². The fourth-order valence-corrected chi connectivity index (χ4v) is 6.15. The van der Waals surface area contributed by atoms with E-state index >= 15 is 0 Å². The van der Waals surface area contributed by atoms with Crippen LogP contribution in [-0.2, 0) is 28.7 Å². The van der Waals surface area contributed by atoms with Crippen LogP contribution < -0.4 is 20.7 Å². The number of Topliss-reactive ketones (excluding diaryl/α,β-unsaturated/α-hetero) is 1. The summed E-state index contributed by atoms with van der Waals surface area (Å²) in [4.78, 5) is 64.7. The van der Waals surface area contributed by atoms with E-state index in [0.29, 0.717) is 24.9 Å². The average molecular weight is 734 g/mol. The van der Waals surface area contributed by atoms with Gasteiger partial charge in [0.05, 0.1) is 11.7 Å². The van der Waals surface area contributed by atoms with Gasteiger partial charge in [-0.25, -0.2) is 13.2 Å². The van der Waals surface area contributed by atoms with Crippen LogP contribution >= 0.6 is 0 Å². The average Bonchev–Trinajstić information content (AvgIpc) is 3.10. The number of allylic oxidation sites excluding steroid dienone is 6. The summed E-state index contributed by atoms with van der Waals surface area (Å²) >= 11 is 0. The van der Waals surface area contributed by atoms with E-state index in [2.05, 4.69) is 16.0 Å². The van der Waals surface area contributed by atoms with Crippen molar-refractivity contribution in [2.75, 3.05) is 6.61 Å². The summed E-state index contributed by atoms with van der Waals surface area (Å²) in [5.74, 6) is -9.75. The molecule has 0 saturated heterocycles. The summed E-state index contributed by atoms with van der Waals surface area (Å²) in [6.45, 7) is 1.38. The molecule has 4 N–H and O–H groups in total. The lowest BCUT2D eigenvalue weighted by Gasteiger charge is -2.29. The van der Waals surface area contributed by atoms with Gasteiger partial charge in [-0.15, -0.1) is 0 Å². The van der Waals surface area contributed by atoms with Crippen LogP contribution in [0.5, 0.6) is 5.75 Å². The van der Waals surface area contributed by atoms with E-state index in [0.717, 1.165) is 32.1 Å². The van der Waals surface area contributed by atoms with Gasteiger partial charge in [0.15, 0.2) is 35.0 Å². The molecule has 282 valence electrons. The Kier molecular flexibility index (Phi) is 13.8. The quantitative estimate of drug-likeness (QED) is 0.136. The first-order valence-electron chi connectivity index (χ1n) is 17.2. The first kappa shape index (κ1) is 39.8. The second kappa shape index (κ2) is 18.0. The number of carboxylic acids is 1.